The van der Waals surface area contributed by atoms with Gasteiger partial charge in [0.25, 0.3) is 0 Å². The lowest BCUT2D eigenvalue weighted by molar-refractivity contribution is -0.293. The van der Waals surface area contributed by atoms with E-state index >= 15 is 0 Å². The van der Waals surface area contributed by atoms with Crippen LogP contribution in [0.25, 0.3) is 0 Å². The number of hydrogen-bond donors (Lipinski definition) is 2. The van der Waals surface area contributed by atoms with Crippen LogP contribution in [0.5, 0.6) is 0 Å². The fraction of sp³-hybridized carbons (Fsp3) is 1.00. The van der Waals surface area contributed by atoms with Gasteiger partial charge < -0.3 is 10.4 Å². The highest BCUT2D eigenvalue weighted by atomic mass is 19.4. The lowest BCUT2D eigenvalue weighted by Gasteiger charge is -2.47. The zero-order valence-corrected chi connectivity index (χ0v) is 9.99. The Balaban J connectivity index is 2.42. The van der Waals surface area contributed by atoms with Gasteiger partial charge in [-0.3, -0.25) is 0 Å². The van der Waals surface area contributed by atoms with Crippen LogP contribution in [-0.4, -0.2) is 28.5 Å². The zero-order valence-electron chi connectivity index (χ0n) is 9.99. The molecule has 0 unspecified atom stereocenters. The number of aliphatic hydroxyl groups is 1. The van der Waals surface area contributed by atoms with E-state index in [4.69, 9.17) is 0 Å². The molecule has 1 aliphatic carbocycles. The molecule has 0 aromatic rings. The van der Waals surface area contributed by atoms with E-state index in [-0.39, 0.29) is 24.4 Å². The van der Waals surface area contributed by atoms with Gasteiger partial charge in [0, 0.05) is 24.4 Å². The van der Waals surface area contributed by atoms with Crippen molar-refractivity contribution in [2.75, 3.05) is 0 Å². The Morgan fingerprint density at radius 3 is 2.19 bits per heavy atom. The molecule has 5 heteroatoms. The number of rotatable bonds is 4. The van der Waals surface area contributed by atoms with Crippen molar-refractivity contribution < 1.29 is 18.3 Å². The van der Waals surface area contributed by atoms with Gasteiger partial charge in [0.15, 0.2) is 5.60 Å². The van der Waals surface area contributed by atoms with Crippen LogP contribution >= 0.6 is 0 Å². The first kappa shape index (κ1) is 13.8. The summed E-state index contributed by atoms with van der Waals surface area (Å²) in [6.07, 6.45) is -3.07. The lowest BCUT2D eigenvalue weighted by atomic mass is 9.74. The van der Waals surface area contributed by atoms with Gasteiger partial charge in [0.1, 0.15) is 0 Å². The van der Waals surface area contributed by atoms with Crippen molar-refractivity contribution in [3.05, 3.63) is 0 Å². The fourth-order valence-corrected chi connectivity index (χ4v) is 2.34. The average Bonchev–Trinajstić information content (AvgIpc) is 1.97. The van der Waals surface area contributed by atoms with E-state index in [1.165, 1.54) is 0 Å². The molecule has 1 aliphatic rings. The van der Waals surface area contributed by atoms with Crippen LogP contribution in [0, 0.1) is 0 Å². The van der Waals surface area contributed by atoms with Crippen LogP contribution in [0.3, 0.4) is 0 Å². The Morgan fingerprint density at radius 2 is 1.81 bits per heavy atom. The molecular formula is C11H20F3NO. The Kier molecular flexibility index (Phi) is 3.60. The van der Waals surface area contributed by atoms with Gasteiger partial charge in [-0.05, 0) is 20.3 Å². The second-order valence-corrected chi connectivity index (χ2v) is 5.41. The van der Waals surface area contributed by atoms with Gasteiger partial charge in [-0.15, -0.1) is 0 Å². The first-order valence-corrected chi connectivity index (χ1v) is 5.66. The fourth-order valence-electron chi connectivity index (χ4n) is 2.34. The molecule has 0 aromatic carbocycles. The summed E-state index contributed by atoms with van der Waals surface area (Å²) in [5, 5.41) is 12.4. The van der Waals surface area contributed by atoms with Gasteiger partial charge in [0.05, 0.1) is 0 Å². The van der Waals surface area contributed by atoms with Gasteiger partial charge >= 0.3 is 6.18 Å². The molecule has 1 fully saturated rings. The van der Waals surface area contributed by atoms with E-state index in [1.54, 1.807) is 0 Å². The molecule has 2 N–H and O–H groups in total. The minimum absolute atomic E-state index is 0.160. The molecule has 0 amide bonds. The highest BCUT2D eigenvalue weighted by molar-refractivity contribution is 5.04. The normalized spacial score (nSPS) is 31.3. The molecule has 0 atom stereocenters. The van der Waals surface area contributed by atoms with Crippen molar-refractivity contribution in [2.24, 2.45) is 0 Å². The quantitative estimate of drug-likeness (QED) is 0.790. The molecule has 0 aromatic heterocycles. The molecule has 0 radical (unpaired) electrons. The zero-order chi connectivity index (χ0) is 12.6. The molecule has 0 saturated heterocycles. The minimum Gasteiger partial charge on any atom is -0.380 e. The van der Waals surface area contributed by atoms with Crippen molar-refractivity contribution in [3.63, 3.8) is 0 Å². The highest BCUT2D eigenvalue weighted by Gasteiger charge is 2.61. The maximum Gasteiger partial charge on any atom is 0.417 e. The first-order chi connectivity index (χ1) is 7.10. The summed E-state index contributed by atoms with van der Waals surface area (Å²) in [7, 11) is 0. The van der Waals surface area contributed by atoms with Crippen molar-refractivity contribution in [1.82, 2.24) is 5.32 Å². The van der Waals surface area contributed by atoms with Crippen LogP contribution in [0.2, 0.25) is 0 Å². The molecule has 0 heterocycles. The molecule has 96 valence electrons. The Hall–Kier alpha value is -0.290. The summed E-state index contributed by atoms with van der Waals surface area (Å²) < 4.78 is 37.1. The molecular weight excluding hydrogens is 219 g/mol. The van der Waals surface area contributed by atoms with E-state index in [0.29, 0.717) is 0 Å². The summed E-state index contributed by atoms with van der Waals surface area (Å²) in [5.41, 5.74) is -2.63. The third-order valence-electron chi connectivity index (χ3n) is 3.17. The number of hydrogen-bond acceptors (Lipinski definition) is 2. The maximum atomic E-state index is 12.4. The summed E-state index contributed by atoms with van der Waals surface area (Å²) >= 11 is 0. The van der Waals surface area contributed by atoms with Crippen molar-refractivity contribution in [1.29, 1.82) is 0 Å². The van der Waals surface area contributed by atoms with E-state index in [0.717, 1.165) is 12.8 Å². The maximum absolute atomic E-state index is 12.4. The van der Waals surface area contributed by atoms with Crippen LogP contribution in [-0.2, 0) is 0 Å². The van der Waals surface area contributed by atoms with Crippen LogP contribution < -0.4 is 5.32 Å². The summed E-state index contributed by atoms with van der Waals surface area (Å²) in [6.45, 7) is 5.99. The third-order valence-corrected chi connectivity index (χ3v) is 3.17. The molecule has 1 saturated carbocycles. The van der Waals surface area contributed by atoms with E-state index in [2.05, 4.69) is 5.32 Å². The average molecular weight is 239 g/mol. The molecule has 0 spiro atoms. The monoisotopic (exact) mass is 239 g/mol. The highest BCUT2D eigenvalue weighted by Crippen LogP contribution is 2.45. The first-order valence-electron chi connectivity index (χ1n) is 5.66. The van der Waals surface area contributed by atoms with Crippen molar-refractivity contribution >= 4 is 0 Å². The Morgan fingerprint density at radius 1 is 1.31 bits per heavy atom. The largest absolute Gasteiger partial charge is 0.417 e. The van der Waals surface area contributed by atoms with E-state index in [9.17, 15) is 18.3 Å². The summed E-state index contributed by atoms with van der Waals surface area (Å²) in [4.78, 5) is 0. The SMILES string of the molecule is CCCC(C)(C)N[C@H]1C[C@](O)(C(F)(F)F)C1. The van der Waals surface area contributed by atoms with E-state index in [1.807, 2.05) is 20.8 Å². The van der Waals surface area contributed by atoms with Gasteiger partial charge in [-0.1, -0.05) is 13.3 Å². The summed E-state index contributed by atoms with van der Waals surface area (Å²) in [6, 6.07) is -0.229. The standard InChI is InChI=1S/C11H20F3NO/c1-4-5-9(2,3)15-8-6-10(16,7-8)11(12,13)14/h8,15-16H,4-7H2,1-3H3/t8-,10+. The second kappa shape index (κ2) is 4.18. The Bertz CT molecular complexity index is 244. The smallest absolute Gasteiger partial charge is 0.380 e. The minimum atomic E-state index is -4.50. The predicted molar refractivity (Wildman–Crippen MR) is 56.1 cm³/mol. The van der Waals surface area contributed by atoms with Crippen LogP contribution in [0.15, 0.2) is 0 Å². The number of alkyl halides is 3. The number of halogens is 3. The summed E-state index contributed by atoms with van der Waals surface area (Å²) in [5.74, 6) is 0. The van der Waals surface area contributed by atoms with Crippen molar-refractivity contribution in [3.8, 4) is 0 Å². The third kappa shape index (κ3) is 2.88. The molecule has 1 rings (SSSR count). The lowest BCUT2D eigenvalue weighted by Crippen LogP contribution is -2.64. The van der Waals surface area contributed by atoms with E-state index < -0.39 is 11.8 Å². The van der Waals surface area contributed by atoms with Crippen LogP contribution in [0.1, 0.15) is 46.5 Å². The molecule has 2 nitrogen and oxygen atoms in total. The number of nitrogens with one attached hydrogen (secondary N) is 1. The predicted octanol–water partition coefficient (Wildman–Crippen LogP) is 2.61. The molecule has 0 aliphatic heterocycles. The molecule has 16 heavy (non-hydrogen) atoms. The Labute approximate surface area is 94.2 Å². The van der Waals surface area contributed by atoms with Crippen molar-refractivity contribution in [2.45, 2.75) is 69.8 Å². The van der Waals surface area contributed by atoms with Gasteiger partial charge in [-0.2, -0.15) is 13.2 Å². The molecule has 0 bridgehead atoms. The van der Waals surface area contributed by atoms with Crippen LogP contribution in [0.4, 0.5) is 13.2 Å². The second-order valence-electron chi connectivity index (χ2n) is 5.41. The van der Waals surface area contributed by atoms with Gasteiger partial charge in [0.2, 0.25) is 0 Å². The topological polar surface area (TPSA) is 32.3 Å². The van der Waals surface area contributed by atoms with Gasteiger partial charge in [-0.25, -0.2) is 0 Å².